The number of para-hydroxylation sites is 2. The molecule has 1 heterocycles. The van der Waals surface area contributed by atoms with Crippen LogP contribution in [0.5, 0.6) is 0 Å². The lowest BCUT2D eigenvalue weighted by atomic mass is 10.1. The van der Waals surface area contributed by atoms with Crippen LogP contribution in [0.25, 0.3) is 11.0 Å². The van der Waals surface area contributed by atoms with Crippen molar-refractivity contribution < 1.29 is 9.53 Å². The van der Waals surface area contributed by atoms with E-state index in [1.165, 1.54) is 70.4 Å². The molecule has 2 rings (SSSR count). The fourth-order valence-electron chi connectivity index (χ4n) is 3.80. The highest BCUT2D eigenvalue weighted by atomic mass is 16.5. The van der Waals surface area contributed by atoms with Crippen molar-refractivity contribution in [3.63, 3.8) is 0 Å². The number of hydrogen-bond acceptors (Lipinski definition) is 3. The fourth-order valence-corrected chi connectivity index (χ4v) is 3.80. The number of methoxy groups -OCH3 is 1. The standard InChI is InChI=1S/C24H39N3O2/c1-3-4-5-6-7-8-9-10-13-19-27-22-16-12-11-15-21(22)26-23(27)17-14-18-25-24(28)20-29-2/h11-12,15-16H,3-10,13-14,17-20H2,1-2H3,(H,25,28). The van der Waals surface area contributed by atoms with E-state index >= 15 is 0 Å². The number of rotatable bonds is 16. The fraction of sp³-hybridized carbons (Fsp3) is 0.667. The molecule has 0 bridgehead atoms. The van der Waals surface area contributed by atoms with Gasteiger partial charge in [-0.15, -0.1) is 0 Å². The van der Waals surface area contributed by atoms with Gasteiger partial charge in [0.15, 0.2) is 0 Å². The van der Waals surface area contributed by atoms with Crippen molar-refractivity contribution in [3.05, 3.63) is 30.1 Å². The zero-order chi connectivity index (χ0) is 20.7. The van der Waals surface area contributed by atoms with Crippen molar-refractivity contribution in [3.8, 4) is 0 Å². The lowest BCUT2D eigenvalue weighted by Gasteiger charge is -2.10. The van der Waals surface area contributed by atoms with E-state index in [0.29, 0.717) is 6.54 Å². The molecule has 1 amide bonds. The Labute approximate surface area is 176 Å². The van der Waals surface area contributed by atoms with Crippen LogP contribution in [-0.4, -0.2) is 35.7 Å². The maximum atomic E-state index is 11.5. The molecule has 1 aromatic carbocycles. The van der Waals surface area contributed by atoms with Gasteiger partial charge < -0.3 is 14.6 Å². The Kier molecular flexibility index (Phi) is 11.4. The summed E-state index contributed by atoms with van der Waals surface area (Å²) in [7, 11) is 1.54. The number of aryl methyl sites for hydroxylation is 2. The number of ether oxygens (including phenoxy) is 1. The topological polar surface area (TPSA) is 56.2 Å². The van der Waals surface area contributed by atoms with Gasteiger partial charge in [-0.05, 0) is 25.0 Å². The van der Waals surface area contributed by atoms with E-state index in [4.69, 9.17) is 9.72 Å². The summed E-state index contributed by atoms with van der Waals surface area (Å²) in [4.78, 5) is 16.4. The van der Waals surface area contributed by atoms with Gasteiger partial charge in [0.25, 0.3) is 0 Å². The van der Waals surface area contributed by atoms with Crippen LogP contribution in [0, 0.1) is 0 Å². The van der Waals surface area contributed by atoms with Crippen molar-refractivity contribution in [2.75, 3.05) is 20.3 Å². The van der Waals surface area contributed by atoms with Crippen molar-refractivity contribution in [1.29, 1.82) is 0 Å². The zero-order valence-corrected chi connectivity index (χ0v) is 18.4. The second-order valence-corrected chi connectivity index (χ2v) is 7.88. The summed E-state index contributed by atoms with van der Waals surface area (Å²) in [5, 5.41) is 2.89. The number of nitrogens with one attached hydrogen (secondary N) is 1. The lowest BCUT2D eigenvalue weighted by Crippen LogP contribution is -2.28. The van der Waals surface area contributed by atoms with Gasteiger partial charge in [-0.2, -0.15) is 0 Å². The van der Waals surface area contributed by atoms with Gasteiger partial charge in [0.05, 0.1) is 11.0 Å². The lowest BCUT2D eigenvalue weighted by molar-refractivity contribution is -0.124. The van der Waals surface area contributed by atoms with Gasteiger partial charge in [0.2, 0.25) is 5.91 Å². The minimum atomic E-state index is -0.0595. The number of nitrogens with zero attached hydrogens (tertiary/aromatic N) is 2. The molecule has 0 saturated carbocycles. The smallest absolute Gasteiger partial charge is 0.245 e. The number of unbranched alkanes of at least 4 members (excludes halogenated alkanes) is 8. The number of benzene rings is 1. The summed E-state index contributed by atoms with van der Waals surface area (Å²) in [6.45, 7) is 4.08. The first-order valence-electron chi connectivity index (χ1n) is 11.5. The number of aromatic nitrogens is 2. The molecule has 0 spiro atoms. The van der Waals surface area contributed by atoms with Crippen LogP contribution in [0.4, 0.5) is 0 Å². The Balaban J connectivity index is 1.77. The molecule has 0 aliphatic heterocycles. The van der Waals surface area contributed by atoms with Crippen LogP contribution in [0.2, 0.25) is 0 Å². The summed E-state index contributed by atoms with van der Waals surface area (Å²) in [5.41, 5.74) is 2.30. The molecule has 29 heavy (non-hydrogen) atoms. The average Bonchev–Trinajstić information content (AvgIpc) is 3.08. The van der Waals surface area contributed by atoms with E-state index in [1.807, 2.05) is 6.07 Å². The van der Waals surface area contributed by atoms with Crippen LogP contribution in [0.15, 0.2) is 24.3 Å². The van der Waals surface area contributed by atoms with Gasteiger partial charge in [-0.25, -0.2) is 4.98 Å². The molecule has 0 atom stereocenters. The Hall–Kier alpha value is -1.88. The van der Waals surface area contributed by atoms with Crippen LogP contribution < -0.4 is 5.32 Å². The molecule has 0 saturated heterocycles. The van der Waals surface area contributed by atoms with Gasteiger partial charge in [0, 0.05) is 26.6 Å². The average molecular weight is 402 g/mol. The quantitative estimate of drug-likeness (QED) is 0.390. The van der Waals surface area contributed by atoms with Crippen LogP contribution >= 0.6 is 0 Å². The van der Waals surface area contributed by atoms with Crippen LogP contribution in [0.1, 0.15) is 77.0 Å². The highest BCUT2D eigenvalue weighted by Gasteiger charge is 2.10. The first-order chi connectivity index (χ1) is 14.3. The highest BCUT2D eigenvalue weighted by Crippen LogP contribution is 2.19. The van der Waals surface area contributed by atoms with E-state index in [-0.39, 0.29) is 12.5 Å². The third-order valence-electron chi connectivity index (χ3n) is 5.39. The van der Waals surface area contributed by atoms with Gasteiger partial charge in [0.1, 0.15) is 12.4 Å². The summed E-state index contributed by atoms with van der Waals surface area (Å²) in [6, 6.07) is 8.39. The number of imidazole rings is 1. The summed E-state index contributed by atoms with van der Waals surface area (Å²) in [5.74, 6) is 1.07. The van der Waals surface area contributed by atoms with E-state index in [0.717, 1.165) is 30.7 Å². The molecule has 1 aromatic heterocycles. The molecule has 0 aliphatic carbocycles. The normalized spacial score (nSPS) is 11.2. The SMILES string of the molecule is CCCCCCCCCCCn1c(CCCNC(=O)COC)nc2ccccc21. The Bertz CT molecular complexity index is 711. The minimum Gasteiger partial charge on any atom is -0.375 e. The maximum Gasteiger partial charge on any atom is 0.245 e. The number of carbonyl (C=O) groups excluding carboxylic acids is 1. The first-order valence-corrected chi connectivity index (χ1v) is 11.5. The van der Waals surface area contributed by atoms with Gasteiger partial charge in [-0.3, -0.25) is 4.79 Å². The third kappa shape index (κ3) is 8.57. The Morgan fingerprint density at radius 2 is 1.69 bits per heavy atom. The Morgan fingerprint density at radius 3 is 2.41 bits per heavy atom. The molecule has 5 nitrogen and oxygen atoms in total. The van der Waals surface area contributed by atoms with Gasteiger partial charge >= 0.3 is 0 Å². The van der Waals surface area contributed by atoms with Crippen LogP contribution in [-0.2, 0) is 22.5 Å². The molecule has 2 aromatic rings. The number of carbonyl (C=O) groups is 1. The monoisotopic (exact) mass is 401 g/mol. The molecule has 1 N–H and O–H groups in total. The second-order valence-electron chi connectivity index (χ2n) is 7.88. The highest BCUT2D eigenvalue weighted by molar-refractivity contribution is 5.77. The predicted octanol–water partition coefficient (Wildman–Crippen LogP) is 5.26. The minimum absolute atomic E-state index is 0.0595. The van der Waals surface area contributed by atoms with Gasteiger partial charge in [-0.1, -0.05) is 70.4 Å². The number of hydrogen-bond donors (Lipinski definition) is 1. The Morgan fingerprint density at radius 1 is 1.00 bits per heavy atom. The molecule has 162 valence electrons. The zero-order valence-electron chi connectivity index (χ0n) is 18.4. The number of fused-ring (bicyclic) bond motifs is 1. The van der Waals surface area contributed by atoms with Crippen molar-refractivity contribution in [2.45, 2.75) is 84.1 Å². The molecule has 0 unspecified atom stereocenters. The summed E-state index contributed by atoms with van der Waals surface area (Å²) >= 11 is 0. The molecule has 0 aliphatic rings. The number of amides is 1. The van der Waals surface area contributed by atoms with Crippen molar-refractivity contribution in [2.24, 2.45) is 0 Å². The van der Waals surface area contributed by atoms with E-state index in [2.05, 4.69) is 35.0 Å². The predicted molar refractivity (Wildman–Crippen MR) is 120 cm³/mol. The van der Waals surface area contributed by atoms with Crippen molar-refractivity contribution in [1.82, 2.24) is 14.9 Å². The summed E-state index contributed by atoms with van der Waals surface area (Å²) in [6.07, 6.45) is 13.8. The van der Waals surface area contributed by atoms with Crippen LogP contribution in [0.3, 0.4) is 0 Å². The largest absolute Gasteiger partial charge is 0.375 e. The first kappa shape index (κ1) is 23.4. The molecule has 0 fully saturated rings. The second kappa shape index (κ2) is 14.2. The molecular weight excluding hydrogens is 362 g/mol. The summed E-state index contributed by atoms with van der Waals surface area (Å²) < 4.78 is 7.23. The molecular formula is C24H39N3O2. The molecule has 0 radical (unpaired) electrons. The third-order valence-corrected chi connectivity index (χ3v) is 5.39. The van der Waals surface area contributed by atoms with E-state index < -0.39 is 0 Å². The van der Waals surface area contributed by atoms with E-state index in [9.17, 15) is 4.79 Å². The van der Waals surface area contributed by atoms with E-state index in [1.54, 1.807) is 0 Å². The maximum absolute atomic E-state index is 11.5. The molecule has 5 heteroatoms. The van der Waals surface area contributed by atoms with Crippen molar-refractivity contribution >= 4 is 16.9 Å².